The maximum atomic E-state index is 18.5. The van der Waals surface area contributed by atoms with Crippen molar-refractivity contribution in [1.82, 2.24) is 0 Å². The van der Waals surface area contributed by atoms with E-state index >= 15 is 9.59 Å². The van der Waals surface area contributed by atoms with Gasteiger partial charge in [-0.3, -0.25) is 9.59 Å². The van der Waals surface area contributed by atoms with E-state index in [-0.39, 0.29) is 11.6 Å². The third-order valence-electron chi connectivity index (χ3n) is 29.4. The molecule has 0 unspecified atom stereocenters. The second-order valence-corrected chi connectivity index (χ2v) is 33.1. The van der Waals surface area contributed by atoms with Crippen LogP contribution in [-0.2, 0) is 23.7 Å². The van der Waals surface area contributed by atoms with Gasteiger partial charge in [0, 0.05) is 9.75 Å². The van der Waals surface area contributed by atoms with Gasteiger partial charge < -0.3 is 0 Å². The van der Waals surface area contributed by atoms with Crippen LogP contribution in [0.15, 0.2) is 24.3 Å². The molecule has 1 saturated carbocycles. The molecule has 0 radical (unpaired) electrons. The Morgan fingerprint density at radius 2 is 0.437 bits per heavy atom. The molecule has 2 nitrogen and oxygen atoms in total. The molecule has 2 spiro atoms. The molecule has 0 aliphatic heterocycles. The third kappa shape index (κ3) is 2.36. The molecule has 0 amide bonds. The lowest BCUT2D eigenvalue weighted by molar-refractivity contribution is 0.0758. The predicted octanol–water partition coefficient (Wildman–Crippen LogP) is 23.4. The summed E-state index contributed by atoms with van der Waals surface area (Å²) in [4.78, 5) is 41.1. The van der Waals surface area contributed by atoms with Gasteiger partial charge in [-0.2, -0.15) is 0 Å². The highest BCUT2D eigenvalue weighted by atomic mass is 32.1. The quantitative estimate of drug-likeness (QED) is 0.0471. The SMILES string of the molecule is CCCCCCc1ccc(C(=O)C2(C(=O)c3ccc(CCCCCC)s3)C34c5c6c7c8c9c%10c(c%11c%12c3c3c5c5c%13c6c6c7c7c9c9c%14c%10c%10c%11c%11c%12c%12c3c3c5c5c%13c%13c6c6c7c9c7c9c%14c%10c%10c%11c%11c%12c3c3c5c5c%13c6c7c6c9c%10c%11c3c56)C824)s1. The fourth-order valence-electron chi connectivity index (χ4n) is 28.4. The highest BCUT2D eigenvalue weighted by molar-refractivity contribution is 7.15. The number of hydrogen-bond acceptors (Lipinski definition) is 4. The molecule has 4 heteroatoms. The summed E-state index contributed by atoms with van der Waals surface area (Å²) in [5.74, 6) is 0.232. The molecule has 0 bridgehead atoms. The molecule has 35 rings (SSSR count). The maximum Gasteiger partial charge on any atom is 0.189 e. The number of thiophene rings is 2. The van der Waals surface area contributed by atoms with Crippen molar-refractivity contribution in [1.29, 1.82) is 0 Å². The average Bonchev–Trinajstić information content (AvgIpc) is 1.36. The van der Waals surface area contributed by atoms with Crippen LogP contribution in [0.25, 0.3) is 291 Å². The van der Waals surface area contributed by atoms with E-state index in [2.05, 4.69) is 38.1 Å². The van der Waals surface area contributed by atoms with Crippen molar-refractivity contribution in [3.8, 4) is 0 Å². The number of rotatable bonds is 14. The molecule has 5 aliphatic carbocycles. The van der Waals surface area contributed by atoms with Gasteiger partial charge in [-0.05, 0) is 363 Å². The molecule has 30 aromatic rings. The van der Waals surface area contributed by atoms with Crippen molar-refractivity contribution >= 4 is 325 Å². The van der Waals surface area contributed by atoms with Crippen molar-refractivity contribution in [3.05, 3.63) is 66.0 Å². The summed E-state index contributed by atoms with van der Waals surface area (Å²) in [6.07, 6.45) is 11.4. The van der Waals surface area contributed by atoms with Crippen LogP contribution in [0.1, 0.15) is 117 Å². The minimum absolute atomic E-state index is 0.116. The number of unbranched alkanes of at least 4 members (excludes halogenated alkanes) is 6. The van der Waals surface area contributed by atoms with Gasteiger partial charge >= 0.3 is 0 Å². The standard InChI is InChI=1S/C83H30O2S2/c1-3-5-7-9-11-17-13-15-19(86-17)79(84)83(80(85)20-16-14-18(87-20)12-10-8-6-4-2)81-75-67-59-49-39-31-23-21-22-25-29-27(23)35-43-37(29)47-41-33(25)34-26(22)30-28-24(21)32(31)40-46-36(28)44-38(30)48-42(34)52-51(41)61-55(47)65-57(43)63(53(59)45(35)39)71(75)73(65)77-69(61)70-62(52)56(48)66-58(44)64-54(46)60(50(40)49)68(67)76(81)72(64)74(66)78(70)82(77,81)83/h13-16H,3-12H2,1-2H3. The van der Waals surface area contributed by atoms with Crippen LogP contribution in [0.3, 0.4) is 0 Å². The smallest absolute Gasteiger partial charge is 0.189 e. The molecule has 2 heterocycles. The minimum Gasteiger partial charge on any atom is -0.292 e. The van der Waals surface area contributed by atoms with Gasteiger partial charge in [0.25, 0.3) is 0 Å². The Bertz CT molecular complexity index is 7560. The van der Waals surface area contributed by atoms with Gasteiger partial charge in [-0.25, -0.2) is 0 Å². The normalized spacial score (nSPS) is 18.6. The summed E-state index contributed by atoms with van der Waals surface area (Å²) in [5, 5.41) is 82.9. The highest BCUT2D eigenvalue weighted by Gasteiger charge is 2.99. The Labute approximate surface area is 491 Å². The van der Waals surface area contributed by atoms with E-state index in [0.717, 1.165) is 35.4 Å². The van der Waals surface area contributed by atoms with Gasteiger partial charge in [0.05, 0.1) is 20.6 Å². The van der Waals surface area contributed by atoms with Crippen LogP contribution in [0.2, 0.25) is 0 Å². The molecular formula is C83H30O2S2. The molecule has 0 saturated heterocycles. The van der Waals surface area contributed by atoms with E-state index in [0.29, 0.717) is 0 Å². The maximum absolute atomic E-state index is 18.5. The molecule has 87 heavy (non-hydrogen) atoms. The van der Waals surface area contributed by atoms with E-state index in [9.17, 15) is 0 Å². The van der Waals surface area contributed by atoms with Gasteiger partial charge in [-0.1, -0.05) is 52.4 Å². The van der Waals surface area contributed by atoms with Crippen LogP contribution >= 0.6 is 22.7 Å². The van der Waals surface area contributed by atoms with E-state index in [4.69, 9.17) is 0 Å². The Kier molecular flexibility index (Phi) is 4.12. The van der Waals surface area contributed by atoms with Crippen molar-refractivity contribution in [2.24, 2.45) is 5.41 Å². The summed E-state index contributed by atoms with van der Waals surface area (Å²) in [6.45, 7) is 4.60. The predicted molar refractivity (Wildman–Crippen MR) is 369 cm³/mol. The van der Waals surface area contributed by atoms with E-state index in [1.165, 1.54) is 211 Å². The second-order valence-electron chi connectivity index (χ2n) is 30.8. The largest absolute Gasteiger partial charge is 0.292 e. The lowest BCUT2D eigenvalue weighted by Gasteiger charge is -2.32. The van der Waals surface area contributed by atoms with Crippen LogP contribution in [-0.4, -0.2) is 11.6 Å². The Morgan fingerprint density at radius 3 is 0.621 bits per heavy atom. The first-order chi connectivity index (χ1) is 43.1. The number of aryl methyl sites for hydroxylation is 2. The number of hydrogen-bond donors (Lipinski definition) is 0. The molecular weight excluding hydrogens is 1090 g/mol. The lowest BCUT2D eigenvalue weighted by Crippen LogP contribution is -2.35. The summed E-state index contributed by atoms with van der Waals surface area (Å²) < 4.78 is 0. The van der Waals surface area contributed by atoms with Gasteiger partial charge in [0.1, 0.15) is 5.41 Å². The van der Waals surface area contributed by atoms with Gasteiger partial charge in [0.2, 0.25) is 0 Å². The van der Waals surface area contributed by atoms with E-state index in [1.54, 1.807) is 173 Å². The summed E-state index contributed by atoms with van der Waals surface area (Å²) >= 11 is 3.49. The second kappa shape index (κ2) is 9.50. The fraction of sp³-hybridized carbons (Fsp3) is 0.181. The zero-order chi connectivity index (χ0) is 53.8. The van der Waals surface area contributed by atoms with Gasteiger partial charge in [0.15, 0.2) is 11.6 Å². The monoisotopic (exact) mass is 1120 g/mol. The van der Waals surface area contributed by atoms with E-state index in [1.807, 2.05) is 0 Å². The summed E-state index contributed by atoms with van der Waals surface area (Å²) in [7, 11) is 0. The van der Waals surface area contributed by atoms with Crippen molar-refractivity contribution in [2.45, 2.75) is 88.9 Å². The molecule has 386 valence electrons. The first-order valence-electron chi connectivity index (χ1n) is 33.2. The highest BCUT2D eigenvalue weighted by Crippen LogP contribution is 2.97. The molecule has 2 aromatic heterocycles. The number of ketones is 2. The topological polar surface area (TPSA) is 34.1 Å². The Morgan fingerprint density at radius 1 is 0.253 bits per heavy atom. The number of benzene rings is 18. The molecule has 1 fully saturated rings. The van der Waals surface area contributed by atoms with Crippen LogP contribution in [0.4, 0.5) is 0 Å². The Hall–Kier alpha value is -8.80. The average molecular weight is 1120 g/mol. The third-order valence-corrected chi connectivity index (χ3v) is 31.7. The first kappa shape index (κ1) is 37.7. The molecule has 0 N–H and O–H groups in total. The van der Waals surface area contributed by atoms with E-state index < -0.39 is 16.2 Å². The summed E-state index contributed by atoms with van der Waals surface area (Å²) in [6, 6.07) is 9.04. The van der Waals surface area contributed by atoms with Crippen molar-refractivity contribution in [2.75, 3.05) is 0 Å². The van der Waals surface area contributed by atoms with Crippen molar-refractivity contribution < 1.29 is 9.59 Å². The molecule has 5 aliphatic rings. The number of Topliss-reactive ketones (excluding diaryl/α,β-unsaturated/α-hetero) is 2. The molecule has 0 atom stereocenters. The number of carbonyl (C=O) groups excluding carboxylic acids is 2. The zero-order valence-electron chi connectivity index (χ0n) is 46.5. The Balaban J connectivity index is 0.929. The van der Waals surface area contributed by atoms with Crippen LogP contribution in [0, 0.1) is 5.41 Å². The van der Waals surface area contributed by atoms with Gasteiger partial charge in [-0.15, -0.1) is 22.7 Å². The van der Waals surface area contributed by atoms with Crippen LogP contribution < -0.4 is 0 Å². The molecule has 28 aromatic carbocycles. The summed E-state index contributed by atoms with van der Waals surface area (Å²) in [5.41, 5.74) is 2.24. The zero-order valence-corrected chi connectivity index (χ0v) is 48.1. The lowest BCUT2D eigenvalue weighted by atomic mass is 9.68. The fourth-order valence-corrected chi connectivity index (χ4v) is 30.5. The first-order valence-corrected chi connectivity index (χ1v) is 34.8. The number of carbonyl (C=O) groups is 2. The van der Waals surface area contributed by atoms with Crippen molar-refractivity contribution in [3.63, 3.8) is 0 Å². The van der Waals surface area contributed by atoms with Crippen LogP contribution in [0.5, 0.6) is 0 Å². The minimum atomic E-state index is -1.47.